The van der Waals surface area contributed by atoms with Crippen molar-refractivity contribution in [1.29, 1.82) is 0 Å². The summed E-state index contributed by atoms with van der Waals surface area (Å²) < 4.78 is 19.1. The van der Waals surface area contributed by atoms with Crippen LogP contribution in [0.3, 0.4) is 0 Å². The van der Waals surface area contributed by atoms with E-state index in [0.717, 1.165) is 5.56 Å². The van der Waals surface area contributed by atoms with Gasteiger partial charge in [0.05, 0.1) is 13.2 Å². The number of rotatable bonds is 5. The van der Waals surface area contributed by atoms with Crippen molar-refractivity contribution in [3.63, 3.8) is 0 Å². The molecule has 0 aliphatic carbocycles. The Morgan fingerprint density at radius 2 is 1.89 bits per heavy atom. The van der Waals surface area contributed by atoms with Gasteiger partial charge in [-0.1, -0.05) is 42.5 Å². The number of halogens is 1. The van der Waals surface area contributed by atoms with Crippen molar-refractivity contribution in [2.75, 3.05) is 7.11 Å². The first kappa shape index (κ1) is 13.5. The predicted octanol–water partition coefficient (Wildman–Crippen LogP) is 2.58. The quantitative estimate of drug-likeness (QED) is 0.641. The Bertz CT molecular complexity index is 531. The van der Waals surface area contributed by atoms with E-state index in [1.54, 1.807) is 18.2 Å². The Labute approximate surface area is 112 Å². The summed E-state index contributed by atoms with van der Waals surface area (Å²) in [6.45, 7) is 0. The Hall–Kier alpha value is -1.91. The maximum atomic E-state index is 14.1. The number of nitrogens with two attached hydrogens (primary N) is 1. The van der Waals surface area contributed by atoms with Crippen LogP contribution in [0.15, 0.2) is 48.5 Å². The van der Waals surface area contributed by atoms with Crippen LogP contribution >= 0.6 is 0 Å². The van der Waals surface area contributed by atoms with Gasteiger partial charge >= 0.3 is 0 Å². The minimum atomic E-state index is -0.332. The van der Waals surface area contributed by atoms with Crippen LogP contribution in [-0.2, 0) is 6.42 Å². The highest BCUT2D eigenvalue weighted by atomic mass is 19.1. The molecular formula is C15H17FN2O. The molecule has 19 heavy (non-hydrogen) atoms. The highest BCUT2D eigenvalue weighted by Crippen LogP contribution is 2.24. The molecule has 1 unspecified atom stereocenters. The van der Waals surface area contributed by atoms with Crippen LogP contribution in [0, 0.1) is 5.82 Å². The fourth-order valence-corrected chi connectivity index (χ4v) is 2.05. The van der Waals surface area contributed by atoms with E-state index in [4.69, 9.17) is 10.6 Å². The highest BCUT2D eigenvalue weighted by Gasteiger charge is 2.15. The molecule has 0 fully saturated rings. The smallest absolute Gasteiger partial charge is 0.168 e. The summed E-state index contributed by atoms with van der Waals surface area (Å²) in [5.74, 6) is 5.49. The van der Waals surface area contributed by atoms with E-state index in [9.17, 15) is 4.39 Å². The van der Waals surface area contributed by atoms with Crippen LogP contribution in [0.1, 0.15) is 17.2 Å². The van der Waals surface area contributed by atoms with Gasteiger partial charge < -0.3 is 4.74 Å². The van der Waals surface area contributed by atoms with Crippen molar-refractivity contribution < 1.29 is 9.13 Å². The molecule has 0 saturated heterocycles. The molecule has 0 aliphatic rings. The van der Waals surface area contributed by atoms with E-state index in [2.05, 4.69) is 5.43 Å². The molecule has 0 aliphatic heterocycles. The summed E-state index contributed by atoms with van der Waals surface area (Å²) in [5.41, 5.74) is 4.32. The zero-order valence-corrected chi connectivity index (χ0v) is 10.8. The van der Waals surface area contributed by atoms with Gasteiger partial charge in [-0.15, -0.1) is 0 Å². The van der Waals surface area contributed by atoms with Crippen LogP contribution in [0.2, 0.25) is 0 Å². The van der Waals surface area contributed by atoms with Gasteiger partial charge in [-0.3, -0.25) is 11.3 Å². The first-order valence-electron chi connectivity index (χ1n) is 6.08. The first-order valence-corrected chi connectivity index (χ1v) is 6.08. The SMILES string of the molecule is COc1cccc(CC(NN)c2ccccc2)c1F. The average molecular weight is 260 g/mol. The molecule has 0 bridgehead atoms. The van der Waals surface area contributed by atoms with Crippen LogP contribution < -0.4 is 16.0 Å². The molecule has 0 heterocycles. The molecule has 0 amide bonds. The van der Waals surface area contributed by atoms with Gasteiger partial charge in [0.2, 0.25) is 0 Å². The zero-order valence-electron chi connectivity index (χ0n) is 10.8. The molecule has 2 aromatic rings. The Kier molecular flexibility index (Phi) is 4.49. The van der Waals surface area contributed by atoms with Crippen molar-refractivity contribution in [3.05, 3.63) is 65.5 Å². The fraction of sp³-hybridized carbons (Fsp3) is 0.200. The standard InChI is InChI=1S/C15H17FN2O/c1-19-14-9-5-8-12(15(14)16)10-13(18-17)11-6-3-2-4-7-11/h2-9,13,18H,10,17H2,1H3. The second-order valence-corrected chi connectivity index (χ2v) is 4.27. The summed E-state index contributed by atoms with van der Waals surface area (Å²) in [7, 11) is 1.46. The van der Waals surface area contributed by atoms with Gasteiger partial charge in [0.15, 0.2) is 11.6 Å². The van der Waals surface area contributed by atoms with Crippen molar-refractivity contribution in [1.82, 2.24) is 5.43 Å². The Balaban J connectivity index is 2.24. The second kappa shape index (κ2) is 6.31. The van der Waals surface area contributed by atoms with E-state index in [-0.39, 0.29) is 17.6 Å². The molecule has 1 atom stereocenters. The van der Waals surface area contributed by atoms with E-state index in [1.165, 1.54) is 7.11 Å². The minimum absolute atomic E-state index is 0.136. The predicted molar refractivity (Wildman–Crippen MR) is 73.2 cm³/mol. The molecule has 3 N–H and O–H groups in total. The molecule has 0 radical (unpaired) electrons. The van der Waals surface area contributed by atoms with Crippen LogP contribution in [0.4, 0.5) is 4.39 Å². The zero-order chi connectivity index (χ0) is 13.7. The second-order valence-electron chi connectivity index (χ2n) is 4.27. The van der Waals surface area contributed by atoms with E-state index < -0.39 is 0 Å². The summed E-state index contributed by atoms with van der Waals surface area (Å²) in [6, 6.07) is 14.7. The van der Waals surface area contributed by atoms with Crippen molar-refractivity contribution in [2.45, 2.75) is 12.5 Å². The maximum Gasteiger partial charge on any atom is 0.168 e. The van der Waals surface area contributed by atoms with E-state index in [0.29, 0.717) is 12.0 Å². The third-order valence-electron chi connectivity index (χ3n) is 3.09. The molecule has 100 valence electrons. The number of hydrazine groups is 1. The normalized spacial score (nSPS) is 12.2. The van der Waals surface area contributed by atoms with Gasteiger partial charge in [-0.2, -0.15) is 0 Å². The van der Waals surface area contributed by atoms with Crippen molar-refractivity contribution in [2.24, 2.45) is 5.84 Å². The van der Waals surface area contributed by atoms with Gasteiger partial charge in [-0.05, 0) is 23.6 Å². The summed E-state index contributed by atoms with van der Waals surface area (Å²) in [4.78, 5) is 0. The van der Waals surface area contributed by atoms with E-state index in [1.807, 2.05) is 30.3 Å². The molecule has 0 aromatic heterocycles. The summed E-state index contributed by atoms with van der Waals surface area (Å²) in [6.07, 6.45) is 0.462. The fourth-order valence-electron chi connectivity index (χ4n) is 2.05. The Morgan fingerprint density at radius 3 is 2.53 bits per heavy atom. The monoisotopic (exact) mass is 260 g/mol. The van der Waals surface area contributed by atoms with E-state index >= 15 is 0 Å². The first-order chi connectivity index (χ1) is 9.26. The topological polar surface area (TPSA) is 47.3 Å². The molecule has 2 rings (SSSR count). The lowest BCUT2D eigenvalue weighted by Crippen LogP contribution is -2.29. The summed E-state index contributed by atoms with van der Waals surface area (Å²) in [5, 5.41) is 0. The maximum absolute atomic E-state index is 14.1. The number of benzene rings is 2. The molecule has 2 aromatic carbocycles. The Morgan fingerprint density at radius 1 is 1.16 bits per heavy atom. The van der Waals surface area contributed by atoms with Crippen molar-refractivity contribution >= 4 is 0 Å². The van der Waals surface area contributed by atoms with Crippen molar-refractivity contribution in [3.8, 4) is 5.75 Å². The molecule has 0 saturated carbocycles. The third kappa shape index (κ3) is 3.10. The van der Waals surface area contributed by atoms with Crippen LogP contribution in [0.25, 0.3) is 0 Å². The largest absolute Gasteiger partial charge is 0.494 e. The number of hydrogen-bond acceptors (Lipinski definition) is 3. The number of ether oxygens (including phenoxy) is 1. The number of methoxy groups -OCH3 is 1. The molecule has 0 spiro atoms. The third-order valence-corrected chi connectivity index (χ3v) is 3.09. The lowest BCUT2D eigenvalue weighted by molar-refractivity contribution is 0.382. The average Bonchev–Trinajstić information content (AvgIpc) is 2.47. The minimum Gasteiger partial charge on any atom is -0.494 e. The van der Waals surface area contributed by atoms with Crippen LogP contribution in [-0.4, -0.2) is 7.11 Å². The molecular weight excluding hydrogens is 243 g/mol. The molecule has 3 nitrogen and oxygen atoms in total. The van der Waals surface area contributed by atoms with Crippen LogP contribution in [0.5, 0.6) is 5.75 Å². The lowest BCUT2D eigenvalue weighted by Gasteiger charge is -2.17. The van der Waals surface area contributed by atoms with Gasteiger partial charge in [0.25, 0.3) is 0 Å². The summed E-state index contributed by atoms with van der Waals surface area (Å²) >= 11 is 0. The van der Waals surface area contributed by atoms with Gasteiger partial charge in [0.1, 0.15) is 0 Å². The molecule has 4 heteroatoms. The van der Waals surface area contributed by atoms with Gasteiger partial charge in [0, 0.05) is 0 Å². The lowest BCUT2D eigenvalue weighted by atomic mass is 9.99. The number of nitrogens with one attached hydrogen (secondary N) is 1. The van der Waals surface area contributed by atoms with Gasteiger partial charge in [-0.25, -0.2) is 4.39 Å². The highest BCUT2D eigenvalue weighted by molar-refractivity contribution is 5.32. The number of hydrogen-bond donors (Lipinski definition) is 2.